The van der Waals surface area contributed by atoms with Gasteiger partial charge in [-0.1, -0.05) is 25.4 Å². The molecule has 3 aromatic rings. The minimum Gasteiger partial charge on any atom is -0.496 e. The van der Waals surface area contributed by atoms with Crippen LogP contribution >= 0.6 is 11.6 Å². The van der Waals surface area contributed by atoms with E-state index < -0.39 is 28.8 Å². The van der Waals surface area contributed by atoms with Crippen molar-refractivity contribution in [2.45, 2.75) is 33.2 Å². The topological polar surface area (TPSA) is 112 Å². The summed E-state index contributed by atoms with van der Waals surface area (Å²) in [6, 6.07) is 5.90. The maximum absolute atomic E-state index is 15.3. The van der Waals surface area contributed by atoms with Crippen molar-refractivity contribution in [3.63, 3.8) is 0 Å². The lowest BCUT2D eigenvalue weighted by Crippen LogP contribution is -2.48. The highest BCUT2D eigenvalue weighted by molar-refractivity contribution is 6.31. The number of nitrogens with zero attached hydrogens (tertiary/aromatic N) is 3. The molecule has 0 saturated carbocycles. The number of pyridine rings is 1. The van der Waals surface area contributed by atoms with E-state index in [9.17, 15) is 24.6 Å². The Morgan fingerprint density at radius 3 is 2.33 bits per heavy atom. The number of fused-ring (bicyclic) bond motifs is 1. The first-order valence-electron chi connectivity index (χ1n) is 13.0. The van der Waals surface area contributed by atoms with Crippen LogP contribution in [0.5, 0.6) is 5.75 Å². The third-order valence-electron chi connectivity index (χ3n) is 7.54. The number of carboxylic acid groups (broad SMARTS) is 1. The molecule has 0 radical (unpaired) electrons. The Hall–Kier alpha value is -3.63. The molecule has 1 aliphatic heterocycles. The number of aromatic carboxylic acids is 1. The van der Waals surface area contributed by atoms with E-state index in [-0.39, 0.29) is 40.8 Å². The van der Waals surface area contributed by atoms with Crippen molar-refractivity contribution in [2.75, 3.05) is 44.8 Å². The van der Waals surface area contributed by atoms with Crippen LogP contribution in [0.4, 0.5) is 10.1 Å². The molecule has 2 heterocycles. The largest absolute Gasteiger partial charge is 0.496 e. The van der Waals surface area contributed by atoms with Gasteiger partial charge >= 0.3 is 5.97 Å². The van der Waals surface area contributed by atoms with Gasteiger partial charge in [0.1, 0.15) is 17.1 Å². The van der Waals surface area contributed by atoms with Gasteiger partial charge in [0.25, 0.3) is 0 Å². The van der Waals surface area contributed by atoms with Crippen LogP contribution < -0.4 is 15.1 Å². The van der Waals surface area contributed by atoms with Gasteiger partial charge in [-0.2, -0.15) is 0 Å². The molecule has 1 fully saturated rings. The molecular weight excluding hydrogens is 541 g/mol. The predicted octanol–water partition coefficient (Wildman–Crippen LogP) is 3.95. The first-order chi connectivity index (χ1) is 19.0. The Morgan fingerprint density at radius 2 is 1.77 bits per heavy atom. The molecule has 1 amide bonds. The van der Waals surface area contributed by atoms with Gasteiger partial charge in [-0.25, -0.2) is 9.18 Å². The van der Waals surface area contributed by atoms with E-state index in [0.717, 1.165) is 0 Å². The SMILES string of the molecule is COc1cc2c(cc1Cc1cc(N3CCN(C(C)=O)CC3)cc(Cl)c1F)c(=O)c(C(=O)O)cn2C(CO)C(C)C. The molecule has 2 aromatic carbocycles. The molecule has 40 heavy (non-hydrogen) atoms. The minimum atomic E-state index is -1.38. The number of aromatic nitrogens is 1. The molecular formula is C29H33ClFN3O6. The van der Waals surface area contributed by atoms with Crippen LogP contribution in [0.25, 0.3) is 10.9 Å². The summed E-state index contributed by atoms with van der Waals surface area (Å²) in [5.41, 5.74) is 0.753. The number of rotatable bonds is 8. The minimum absolute atomic E-state index is 0.00435. The number of amides is 1. The van der Waals surface area contributed by atoms with E-state index in [4.69, 9.17) is 16.3 Å². The molecule has 11 heteroatoms. The lowest BCUT2D eigenvalue weighted by atomic mass is 9.98. The van der Waals surface area contributed by atoms with Crippen LogP contribution in [0.15, 0.2) is 35.3 Å². The zero-order valence-electron chi connectivity index (χ0n) is 22.9. The summed E-state index contributed by atoms with van der Waals surface area (Å²) in [6.45, 7) is 7.26. The Balaban J connectivity index is 1.82. The number of aliphatic hydroxyl groups excluding tert-OH is 1. The van der Waals surface area contributed by atoms with Gasteiger partial charge < -0.3 is 29.3 Å². The maximum atomic E-state index is 15.3. The van der Waals surface area contributed by atoms with Crippen LogP contribution in [0, 0.1) is 11.7 Å². The van der Waals surface area contributed by atoms with Crippen LogP contribution in [-0.2, 0) is 11.2 Å². The molecule has 9 nitrogen and oxygen atoms in total. The number of ether oxygens (including phenoxy) is 1. The molecule has 0 spiro atoms. The Bertz CT molecular complexity index is 1510. The number of methoxy groups -OCH3 is 1. The van der Waals surface area contributed by atoms with E-state index in [1.54, 1.807) is 27.7 Å². The third-order valence-corrected chi connectivity index (χ3v) is 7.81. The number of piperazine rings is 1. The van der Waals surface area contributed by atoms with E-state index >= 15 is 4.39 Å². The van der Waals surface area contributed by atoms with E-state index in [0.29, 0.717) is 48.7 Å². The highest BCUT2D eigenvalue weighted by Gasteiger charge is 2.24. The Morgan fingerprint density at radius 1 is 1.10 bits per heavy atom. The standard InChI is InChI=1S/C29H33ClFN3O6/c1-16(2)25(15-35)34-14-22(29(38)39)28(37)21-11-18(26(40-4)13-24(21)34)9-19-10-20(12-23(30)27(19)31)33-7-5-32(6-8-33)17(3)36/h10-14,16,25,35H,5-9,15H2,1-4H3,(H,38,39). The van der Waals surface area contributed by atoms with Crippen molar-refractivity contribution in [2.24, 2.45) is 5.92 Å². The quantitative estimate of drug-likeness (QED) is 0.420. The van der Waals surface area contributed by atoms with E-state index in [2.05, 4.69) is 0 Å². The fraction of sp³-hybridized carbons (Fsp3) is 0.414. The second-order valence-electron chi connectivity index (χ2n) is 10.3. The van der Waals surface area contributed by atoms with Crippen LogP contribution in [0.3, 0.4) is 0 Å². The van der Waals surface area contributed by atoms with Crippen molar-refractivity contribution in [3.05, 3.63) is 68.2 Å². The second-order valence-corrected chi connectivity index (χ2v) is 10.7. The first-order valence-corrected chi connectivity index (χ1v) is 13.4. The van der Waals surface area contributed by atoms with Crippen LogP contribution in [0.1, 0.15) is 48.3 Å². The van der Waals surface area contributed by atoms with Crippen molar-refractivity contribution >= 4 is 40.1 Å². The monoisotopic (exact) mass is 573 g/mol. The van der Waals surface area contributed by atoms with E-state index in [1.807, 2.05) is 18.7 Å². The number of carbonyl (C=O) groups excluding carboxylic acids is 1. The molecule has 2 N–H and O–H groups in total. The van der Waals surface area contributed by atoms with Crippen LogP contribution in [0.2, 0.25) is 5.02 Å². The number of anilines is 1. The lowest BCUT2D eigenvalue weighted by Gasteiger charge is -2.36. The summed E-state index contributed by atoms with van der Waals surface area (Å²) >= 11 is 6.29. The number of hydrogen-bond acceptors (Lipinski definition) is 6. The first kappa shape index (κ1) is 29.4. The second kappa shape index (κ2) is 11.9. The summed E-state index contributed by atoms with van der Waals surface area (Å²) in [7, 11) is 1.46. The van der Waals surface area contributed by atoms with E-state index in [1.165, 1.54) is 26.3 Å². The number of halogens is 2. The molecule has 1 aliphatic rings. The summed E-state index contributed by atoms with van der Waals surface area (Å²) in [4.78, 5) is 40.7. The average Bonchev–Trinajstić information content (AvgIpc) is 2.92. The van der Waals surface area contributed by atoms with Gasteiger partial charge in [-0.15, -0.1) is 0 Å². The summed E-state index contributed by atoms with van der Waals surface area (Å²) in [5, 5.41) is 19.9. The Kier molecular flexibility index (Phi) is 8.70. The number of aliphatic hydroxyl groups is 1. The van der Waals surface area contributed by atoms with Gasteiger partial charge in [-0.3, -0.25) is 9.59 Å². The molecule has 1 unspecified atom stereocenters. The van der Waals surface area contributed by atoms with Gasteiger partial charge in [0.2, 0.25) is 11.3 Å². The summed E-state index contributed by atoms with van der Waals surface area (Å²) < 4.78 is 22.5. The number of carboxylic acids is 1. The normalized spacial score (nSPS) is 14.6. The molecule has 214 valence electrons. The highest BCUT2D eigenvalue weighted by atomic mass is 35.5. The summed E-state index contributed by atoms with van der Waals surface area (Å²) in [5.74, 6) is -1.68. The van der Waals surface area contributed by atoms with Crippen molar-refractivity contribution in [1.82, 2.24) is 9.47 Å². The molecule has 4 rings (SSSR count). The zero-order chi connectivity index (χ0) is 29.3. The number of carbonyl (C=O) groups is 2. The van der Waals surface area contributed by atoms with Gasteiger partial charge in [0.15, 0.2) is 0 Å². The third kappa shape index (κ3) is 5.64. The predicted molar refractivity (Wildman–Crippen MR) is 151 cm³/mol. The molecule has 0 aliphatic carbocycles. The molecule has 1 aromatic heterocycles. The smallest absolute Gasteiger partial charge is 0.341 e. The fourth-order valence-electron chi connectivity index (χ4n) is 5.22. The molecule has 1 saturated heterocycles. The average molecular weight is 574 g/mol. The zero-order valence-corrected chi connectivity index (χ0v) is 23.7. The molecule has 1 atom stereocenters. The highest BCUT2D eigenvalue weighted by Crippen LogP contribution is 2.33. The van der Waals surface area contributed by atoms with Crippen molar-refractivity contribution in [1.29, 1.82) is 0 Å². The number of benzene rings is 2. The lowest BCUT2D eigenvalue weighted by molar-refractivity contribution is -0.129. The Labute approximate surface area is 236 Å². The summed E-state index contributed by atoms with van der Waals surface area (Å²) in [6.07, 6.45) is 1.28. The number of hydrogen-bond donors (Lipinski definition) is 2. The van der Waals surface area contributed by atoms with Crippen molar-refractivity contribution < 1.29 is 28.9 Å². The molecule has 0 bridgehead atoms. The van der Waals surface area contributed by atoms with Crippen molar-refractivity contribution in [3.8, 4) is 5.75 Å². The maximum Gasteiger partial charge on any atom is 0.341 e. The fourth-order valence-corrected chi connectivity index (χ4v) is 5.46. The van der Waals surface area contributed by atoms with Gasteiger partial charge in [-0.05, 0) is 35.2 Å². The van der Waals surface area contributed by atoms with Gasteiger partial charge in [0.05, 0.1) is 30.3 Å². The van der Waals surface area contributed by atoms with Gasteiger partial charge in [0, 0.05) is 62.9 Å². The van der Waals surface area contributed by atoms with Crippen LogP contribution in [-0.4, -0.2) is 71.5 Å².